The number of halogens is 1. The summed E-state index contributed by atoms with van der Waals surface area (Å²) >= 11 is 0. The molecule has 8 nitrogen and oxygen atoms in total. The molecule has 0 aliphatic carbocycles. The third-order valence-electron chi connectivity index (χ3n) is 6.01. The van der Waals surface area contributed by atoms with Crippen molar-refractivity contribution in [3.05, 3.63) is 106 Å². The Bertz CT molecular complexity index is 1700. The first-order valence-electron chi connectivity index (χ1n) is 11.2. The standard InChI is InChI=1S/C27H20FN5O3/c28-20-9-7-17(8-10-20)22(11-12-34)30-26(35)24-21(14-29)25-27(36)31-23(15-33(25)32-24)19-6-5-16-3-1-2-4-18(16)13-19/h1-10,13,15,22,34H,11-12H2,(H,30,35)(H,31,36)/t22-/m0/s1. The van der Waals surface area contributed by atoms with Gasteiger partial charge in [0.15, 0.2) is 5.69 Å². The van der Waals surface area contributed by atoms with Crippen molar-refractivity contribution in [3.63, 3.8) is 0 Å². The van der Waals surface area contributed by atoms with Crippen molar-refractivity contribution < 1.29 is 14.3 Å². The van der Waals surface area contributed by atoms with Crippen LogP contribution in [0, 0.1) is 17.1 Å². The lowest BCUT2D eigenvalue weighted by atomic mass is 10.0. The molecule has 178 valence electrons. The zero-order valence-electron chi connectivity index (χ0n) is 18.9. The molecule has 1 amide bonds. The molecule has 0 aliphatic heterocycles. The molecule has 0 saturated carbocycles. The third kappa shape index (κ3) is 4.21. The molecule has 0 bridgehead atoms. The monoisotopic (exact) mass is 481 g/mol. The molecule has 0 saturated heterocycles. The number of hydrogen-bond donors (Lipinski definition) is 3. The van der Waals surface area contributed by atoms with Crippen molar-refractivity contribution >= 4 is 22.2 Å². The maximum Gasteiger partial charge on any atom is 0.275 e. The Kier molecular flexibility index (Phi) is 6.02. The van der Waals surface area contributed by atoms with E-state index in [1.165, 1.54) is 28.8 Å². The Morgan fingerprint density at radius 1 is 1.14 bits per heavy atom. The highest BCUT2D eigenvalue weighted by molar-refractivity contribution is 5.97. The van der Waals surface area contributed by atoms with Gasteiger partial charge in [-0.05, 0) is 41.0 Å². The Balaban J connectivity index is 1.54. The first kappa shape index (κ1) is 23.0. The summed E-state index contributed by atoms with van der Waals surface area (Å²) in [5.41, 5.74) is 0.803. The van der Waals surface area contributed by atoms with Crippen LogP contribution in [0.5, 0.6) is 0 Å². The van der Waals surface area contributed by atoms with Gasteiger partial charge in [0.25, 0.3) is 11.5 Å². The van der Waals surface area contributed by atoms with Crippen LogP contribution in [0.15, 0.2) is 77.7 Å². The molecule has 0 spiro atoms. The first-order valence-corrected chi connectivity index (χ1v) is 11.2. The van der Waals surface area contributed by atoms with E-state index >= 15 is 0 Å². The van der Waals surface area contributed by atoms with E-state index in [-0.39, 0.29) is 29.8 Å². The Hall–Kier alpha value is -4.81. The van der Waals surface area contributed by atoms with Gasteiger partial charge in [-0.25, -0.2) is 8.91 Å². The number of aromatic nitrogens is 3. The van der Waals surface area contributed by atoms with Crippen molar-refractivity contribution in [2.75, 3.05) is 6.61 Å². The summed E-state index contributed by atoms with van der Waals surface area (Å²) < 4.78 is 14.6. The van der Waals surface area contributed by atoms with E-state index in [0.717, 1.165) is 16.3 Å². The lowest BCUT2D eigenvalue weighted by Gasteiger charge is -2.17. The molecule has 2 heterocycles. The maximum atomic E-state index is 13.3. The van der Waals surface area contributed by atoms with Crippen molar-refractivity contribution in [2.24, 2.45) is 0 Å². The fraction of sp³-hybridized carbons (Fsp3) is 0.111. The summed E-state index contributed by atoms with van der Waals surface area (Å²) in [5.74, 6) is -1.12. The van der Waals surface area contributed by atoms with Gasteiger partial charge in [-0.15, -0.1) is 0 Å². The van der Waals surface area contributed by atoms with E-state index in [0.29, 0.717) is 11.3 Å². The van der Waals surface area contributed by atoms with E-state index in [1.807, 2.05) is 48.5 Å². The van der Waals surface area contributed by atoms with Crippen molar-refractivity contribution in [1.29, 1.82) is 5.26 Å². The minimum absolute atomic E-state index is 0.0484. The summed E-state index contributed by atoms with van der Waals surface area (Å²) in [6.45, 7) is -0.229. The largest absolute Gasteiger partial charge is 0.396 e. The van der Waals surface area contributed by atoms with Crippen molar-refractivity contribution in [1.82, 2.24) is 19.9 Å². The third-order valence-corrected chi connectivity index (χ3v) is 6.01. The number of fused-ring (bicyclic) bond motifs is 2. The quantitative estimate of drug-likeness (QED) is 0.341. The molecule has 0 aliphatic rings. The summed E-state index contributed by atoms with van der Waals surface area (Å²) in [4.78, 5) is 28.9. The van der Waals surface area contributed by atoms with Crippen LogP contribution in [0.4, 0.5) is 4.39 Å². The van der Waals surface area contributed by atoms with Gasteiger partial charge in [-0.1, -0.05) is 48.5 Å². The van der Waals surface area contributed by atoms with Crippen molar-refractivity contribution in [2.45, 2.75) is 12.5 Å². The van der Waals surface area contributed by atoms with E-state index < -0.39 is 23.3 Å². The molecule has 1 atom stereocenters. The van der Waals surface area contributed by atoms with Crippen LogP contribution in [0.25, 0.3) is 27.5 Å². The fourth-order valence-corrected chi connectivity index (χ4v) is 4.22. The van der Waals surface area contributed by atoms with E-state index in [2.05, 4.69) is 15.4 Å². The smallest absolute Gasteiger partial charge is 0.275 e. The topological polar surface area (TPSA) is 123 Å². The number of nitrogens with zero attached hydrogens (tertiary/aromatic N) is 3. The van der Waals surface area contributed by atoms with Gasteiger partial charge >= 0.3 is 0 Å². The number of aliphatic hydroxyl groups excluding tert-OH is 1. The number of H-pyrrole nitrogens is 1. The highest BCUT2D eigenvalue weighted by Gasteiger charge is 2.24. The maximum absolute atomic E-state index is 13.3. The van der Waals surface area contributed by atoms with Crippen LogP contribution in [0.1, 0.15) is 34.1 Å². The summed E-state index contributed by atoms with van der Waals surface area (Å²) in [5, 5.41) is 28.2. The van der Waals surface area contributed by atoms with Gasteiger partial charge in [-0.3, -0.25) is 9.59 Å². The van der Waals surface area contributed by atoms with Gasteiger partial charge in [0.2, 0.25) is 0 Å². The molecule has 3 N–H and O–H groups in total. The lowest BCUT2D eigenvalue weighted by Crippen LogP contribution is -2.30. The van der Waals surface area contributed by atoms with Gasteiger partial charge in [-0.2, -0.15) is 10.4 Å². The molecule has 0 unspecified atom stereocenters. The van der Waals surface area contributed by atoms with E-state index in [1.54, 1.807) is 6.20 Å². The van der Waals surface area contributed by atoms with Gasteiger partial charge in [0.1, 0.15) is 23.0 Å². The minimum atomic E-state index is -0.690. The molecule has 0 fully saturated rings. The molecule has 3 aromatic carbocycles. The van der Waals surface area contributed by atoms with Crippen LogP contribution < -0.4 is 10.9 Å². The number of carbonyl (C=O) groups excluding carboxylic acids is 1. The SMILES string of the molecule is N#Cc1c(C(=O)N[C@@H](CCO)c2ccc(F)cc2)nn2cc(-c3ccc4ccccc4c3)[nH]c(=O)c12. The van der Waals surface area contributed by atoms with Crippen LogP contribution >= 0.6 is 0 Å². The number of rotatable bonds is 6. The molecular formula is C27H20FN5O3. The zero-order valence-corrected chi connectivity index (χ0v) is 18.9. The van der Waals surface area contributed by atoms with E-state index in [4.69, 9.17) is 0 Å². The van der Waals surface area contributed by atoms with Crippen molar-refractivity contribution in [3.8, 4) is 17.3 Å². The predicted octanol–water partition coefficient (Wildman–Crippen LogP) is 3.71. The zero-order chi connectivity index (χ0) is 25.2. The fourth-order valence-electron chi connectivity index (χ4n) is 4.22. The first-order chi connectivity index (χ1) is 17.5. The van der Waals surface area contributed by atoms with Gasteiger partial charge in [0.05, 0.1) is 17.9 Å². The highest BCUT2D eigenvalue weighted by Crippen LogP contribution is 2.24. The predicted molar refractivity (Wildman–Crippen MR) is 132 cm³/mol. The molecule has 2 aromatic heterocycles. The Morgan fingerprint density at radius 2 is 1.89 bits per heavy atom. The highest BCUT2D eigenvalue weighted by atomic mass is 19.1. The number of benzene rings is 3. The molecule has 5 rings (SSSR count). The second kappa shape index (κ2) is 9.44. The minimum Gasteiger partial charge on any atom is -0.396 e. The lowest BCUT2D eigenvalue weighted by molar-refractivity contribution is 0.0924. The molecule has 9 heteroatoms. The number of aromatic amines is 1. The number of hydrogen-bond acceptors (Lipinski definition) is 5. The normalized spacial score (nSPS) is 11.9. The molecule has 0 radical (unpaired) electrons. The second-order valence-electron chi connectivity index (χ2n) is 8.28. The Labute approximate surface area is 204 Å². The number of amides is 1. The Morgan fingerprint density at radius 3 is 2.61 bits per heavy atom. The molecule has 5 aromatic rings. The summed E-state index contributed by atoms with van der Waals surface area (Å²) in [6, 6.07) is 20.3. The van der Waals surface area contributed by atoms with Crippen LogP contribution in [0.3, 0.4) is 0 Å². The average molecular weight is 481 g/mol. The summed E-state index contributed by atoms with van der Waals surface area (Å²) in [6.07, 6.45) is 1.73. The summed E-state index contributed by atoms with van der Waals surface area (Å²) in [7, 11) is 0. The molecule has 36 heavy (non-hydrogen) atoms. The number of nitriles is 1. The molecular weight excluding hydrogens is 461 g/mol. The number of nitrogens with one attached hydrogen (secondary N) is 2. The van der Waals surface area contributed by atoms with Gasteiger partial charge < -0.3 is 15.4 Å². The number of carbonyl (C=O) groups is 1. The number of aliphatic hydroxyl groups is 1. The van der Waals surface area contributed by atoms with Crippen LogP contribution in [-0.4, -0.2) is 32.2 Å². The van der Waals surface area contributed by atoms with E-state index in [9.17, 15) is 24.3 Å². The van der Waals surface area contributed by atoms with Gasteiger partial charge in [0, 0.05) is 12.2 Å². The second-order valence-corrected chi connectivity index (χ2v) is 8.28. The average Bonchev–Trinajstić information content (AvgIpc) is 3.28. The van der Waals surface area contributed by atoms with Crippen LogP contribution in [0.2, 0.25) is 0 Å². The van der Waals surface area contributed by atoms with Crippen LogP contribution in [-0.2, 0) is 0 Å².